The van der Waals surface area contributed by atoms with E-state index in [9.17, 15) is 9.00 Å². The summed E-state index contributed by atoms with van der Waals surface area (Å²) in [5, 5.41) is 3.42. The molecule has 126 valence electrons. The fourth-order valence-electron chi connectivity index (χ4n) is 2.91. The zero-order valence-corrected chi connectivity index (χ0v) is 14.6. The van der Waals surface area contributed by atoms with Gasteiger partial charge in [0.1, 0.15) is 0 Å². The van der Waals surface area contributed by atoms with E-state index >= 15 is 0 Å². The number of benzene rings is 2. The normalized spacial score (nSPS) is 15.7. The van der Waals surface area contributed by atoms with Crippen molar-refractivity contribution in [1.29, 1.82) is 0 Å². The predicted octanol–water partition coefficient (Wildman–Crippen LogP) is 2.84. The lowest BCUT2D eigenvalue weighted by molar-refractivity contribution is -0.117. The number of anilines is 1. The molecule has 1 aliphatic rings. The Balaban J connectivity index is 1.57. The Labute approximate surface area is 145 Å². The highest BCUT2D eigenvalue weighted by Gasteiger charge is 2.21. The summed E-state index contributed by atoms with van der Waals surface area (Å²) in [7, 11) is -0.932. The molecular formula is C19H22N2O2S. The topological polar surface area (TPSA) is 49.4 Å². The van der Waals surface area contributed by atoms with Gasteiger partial charge in [-0.15, -0.1) is 0 Å². The molecule has 0 aromatic heterocycles. The Morgan fingerprint density at radius 3 is 2.50 bits per heavy atom. The molecular weight excluding hydrogens is 320 g/mol. The minimum absolute atomic E-state index is 0.216. The van der Waals surface area contributed by atoms with Gasteiger partial charge in [0.2, 0.25) is 5.91 Å². The second-order valence-electron chi connectivity index (χ2n) is 6.02. The van der Waals surface area contributed by atoms with E-state index in [1.807, 2.05) is 41.3 Å². The van der Waals surface area contributed by atoms with Crippen LogP contribution in [0.3, 0.4) is 0 Å². The average Bonchev–Trinajstić information content (AvgIpc) is 3.02. The number of amides is 1. The molecule has 1 amide bonds. The van der Waals surface area contributed by atoms with E-state index in [1.54, 1.807) is 6.26 Å². The summed E-state index contributed by atoms with van der Waals surface area (Å²) >= 11 is 0. The van der Waals surface area contributed by atoms with Crippen molar-refractivity contribution in [3.8, 4) is 0 Å². The molecule has 1 aliphatic heterocycles. The van der Waals surface area contributed by atoms with Crippen molar-refractivity contribution in [3.63, 3.8) is 0 Å². The highest BCUT2D eigenvalue weighted by Crippen LogP contribution is 2.22. The molecule has 2 aromatic carbocycles. The summed E-state index contributed by atoms with van der Waals surface area (Å²) in [6.45, 7) is 2.32. The molecule has 24 heavy (non-hydrogen) atoms. The maximum atomic E-state index is 11.8. The highest BCUT2D eigenvalue weighted by atomic mass is 32.2. The van der Waals surface area contributed by atoms with E-state index in [0.717, 1.165) is 42.2 Å². The Kier molecular flexibility index (Phi) is 5.43. The maximum Gasteiger partial charge on any atom is 0.227 e. The van der Waals surface area contributed by atoms with Gasteiger partial charge in [-0.25, -0.2) is 0 Å². The first-order valence-corrected chi connectivity index (χ1v) is 9.72. The van der Waals surface area contributed by atoms with Crippen LogP contribution in [-0.4, -0.2) is 22.9 Å². The minimum Gasteiger partial charge on any atom is -0.312 e. The fraction of sp³-hybridized carbons (Fsp3) is 0.316. The Hall–Kier alpha value is -1.98. The summed E-state index contributed by atoms with van der Waals surface area (Å²) in [4.78, 5) is 14.6. The van der Waals surface area contributed by atoms with Crippen LogP contribution in [0, 0.1) is 0 Å². The molecule has 0 aliphatic carbocycles. The van der Waals surface area contributed by atoms with E-state index in [-0.39, 0.29) is 5.91 Å². The van der Waals surface area contributed by atoms with Crippen molar-refractivity contribution in [2.75, 3.05) is 17.7 Å². The quantitative estimate of drug-likeness (QED) is 0.878. The molecule has 1 N–H and O–H groups in total. The van der Waals surface area contributed by atoms with E-state index in [1.165, 1.54) is 5.56 Å². The summed E-state index contributed by atoms with van der Waals surface area (Å²) in [6, 6.07) is 16.0. The highest BCUT2D eigenvalue weighted by molar-refractivity contribution is 7.84. The van der Waals surface area contributed by atoms with E-state index < -0.39 is 10.8 Å². The van der Waals surface area contributed by atoms with E-state index in [0.29, 0.717) is 6.42 Å². The predicted molar refractivity (Wildman–Crippen MR) is 97.3 cm³/mol. The summed E-state index contributed by atoms with van der Waals surface area (Å²) in [5.41, 5.74) is 3.32. The second-order valence-corrected chi connectivity index (χ2v) is 7.40. The third kappa shape index (κ3) is 4.10. The molecule has 0 bridgehead atoms. The number of rotatable bonds is 6. The number of hydrogen-bond acceptors (Lipinski definition) is 3. The summed E-state index contributed by atoms with van der Waals surface area (Å²) in [6.07, 6.45) is 3.28. The lowest BCUT2D eigenvalue weighted by Crippen LogP contribution is -2.23. The molecule has 0 spiro atoms. The van der Waals surface area contributed by atoms with Crippen molar-refractivity contribution in [2.45, 2.75) is 30.8 Å². The van der Waals surface area contributed by atoms with Gasteiger partial charge >= 0.3 is 0 Å². The largest absolute Gasteiger partial charge is 0.312 e. The number of carbonyl (C=O) groups is 1. The van der Waals surface area contributed by atoms with Gasteiger partial charge < -0.3 is 10.2 Å². The zero-order chi connectivity index (χ0) is 16.9. The summed E-state index contributed by atoms with van der Waals surface area (Å²) in [5.74, 6) is 0.216. The lowest BCUT2D eigenvalue weighted by atomic mass is 10.1. The molecule has 4 nitrogen and oxygen atoms in total. The van der Waals surface area contributed by atoms with Gasteiger partial charge in [-0.05, 0) is 41.8 Å². The molecule has 0 saturated carbocycles. The molecule has 5 heteroatoms. The van der Waals surface area contributed by atoms with Crippen LogP contribution >= 0.6 is 0 Å². The lowest BCUT2D eigenvalue weighted by Gasteiger charge is -2.16. The van der Waals surface area contributed by atoms with Gasteiger partial charge in [0.05, 0.1) is 0 Å². The third-order valence-corrected chi connectivity index (χ3v) is 5.15. The van der Waals surface area contributed by atoms with Crippen molar-refractivity contribution >= 4 is 22.4 Å². The van der Waals surface area contributed by atoms with Crippen LogP contribution in [0.1, 0.15) is 24.0 Å². The van der Waals surface area contributed by atoms with Gasteiger partial charge in [-0.3, -0.25) is 9.00 Å². The molecule has 1 atom stereocenters. The Bertz CT molecular complexity index is 743. The minimum atomic E-state index is -0.932. The molecule has 1 saturated heterocycles. The van der Waals surface area contributed by atoms with Crippen LogP contribution in [0.4, 0.5) is 5.69 Å². The van der Waals surface area contributed by atoms with Gasteiger partial charge in [-0.2, -0.15) is 0 Å². The van der Waals surface area contributed by atoms with Crippen LogP contribution in [0.5, 0.6) is 0 Å². The Morgan fingerprint density at radius 1 is 1.08 bits per heavy atom. The standard InChI is InChI=1S/C19H22N2O2S/c1-24(23)18-9-7-15(8-10-18)13-20-14-16-4-2-5-17(12-16)21-11-3-6-19(21)22/h2,4-5,7-10,12,20H,3,6,11,13-14H2,1H3/t24-/m0/s1. The number of hydrogen-bond donors (Lipinski definition) is 1. The van der Waals surface area contributed by atoms with Crippen molar-refractivity contribution in [1.82, 2.24) is 5.32 Å². The monoisotopic (exact) mass is 342 g/mol. The second kappa shape index (κ2) is 7.73. The fourth-order valence-corrected chi connectivity index (χ4v) is 3.42. The SMILES string of the molecule is C[S@](=O)c1ccc(CNCc2cccc(N3CCCC3=O)c2)cc1. The third-order valence-electron chi connectivity index (χ3n) is 4.21. The van der Waals surface area contributed by atoms with Crippen LogP contribution in [0.25, 0.3) is 0 Å². The van der Waals surface area contributed by atoms with Gasteiger partial charge in [0.25, 0.3) is 0 Å². The molecule has 1 heterocycles. The number of nitrogens with one attached hydrogen (secondary N) is 1. The van der Waals surface area contributed by atoms with Crippen LogP contribution in [-0.2, 0) is 28.7 Å². The van der Waals surface area contributed by atoms with Gasteiger partial charge in [0.15, 0.2) is 0 Å². The van der Waals surface area contributed by atoms with Crippen molar-refractivity contribution in [2.24, 2.45) is 0 Å². The maximum absolute atomic E-state index is 11.8. The van der Waals surface area contributed by atoms with Crippen LogP contribution < -0.4 is 10.2 Å². The molecule has 1 fully saturated rings. The molecule has 0 unspecified atom stereocenters. The zero-order valence-electron chi connectivity index (χ0n) is 13.8. The van der Waals surface area contributed by atoms with Crippen LogP contribution in [0.15, 0.2) is 53.4 Å². The molecule has 2 aromatic rings. The first-order chi connectivity index (χ1) is 11.6. The Morgan fingerprint density at radius 2 is 1.83 bits per heavy atom. The smallest absolute Gasteiger partial charge is 0.227 e. The van der Waals surface area contributed by atoms with Gasteiger partial charge in [0, 0.05) is 53.7 Å². The first-order valence-electron chi connectivity index (χ1n) is 8.16. The molecule has 0 radical (unpaired) electrons. The van der Waals surface area contributed by atoms with Crippen molar-refractivity contribution < 1.29 is 9.00 Å². The number of nitrogens with zero attached hydrogens (tertiary/aromatic N) is 1. The van der Waals surface area contributed by atoms with Crippen LogP contribution in [0.2, 0.25) is 0 Å². The van der Waals surface area contributed by atoms with E-state index in [2.05, 4.69) is 17.4 Å². The van der Waals surface area contributed by atoms with E-state index in [4.69, 9.17) is 0 Å². The molecule has 3 rings (SSSR count). The first kappa shape index (κ1) is 16.9. The summed E-state index contributed by atoms with van der Waals surface area (Å²) < 4.78 is 11.4. The average molecular weight is 342 g/mol. The number of carbonyl (C=O) groups excluding carboxylic acids is 1. The van der Waals surface area contributed by atoms with Gasteiger partial charge in [-0.1, -0.05) is 24.3 Å². The van der Waals surface area contributed by atoms with Crippen molar-refractivity contribution in [3.05, 3.63) is 59.7 Å².